The number of anilines is 1. The molecule has 1 N–H and O–H groups in total. The second-order valence-corrected chi connectivity index (χ2v) is 8.56. The van der Waals surface area contributed by atoms with Gasteiger partial charge in [-0.2, -0.15) is 0 Å². The van der Waals surface area contributed by atoms with Crippen LogP contribution in [0, 0.1) is 6.92 Å². The number of imidazole rings is 1. The number of ether oxygens (including phenoxy) is 2. The van der Waals surface area contributed by atoms with E-state index in [2.05, 4.69) is 10.3 Å². The lowest BCUT2D eigenvalue weighted by atomic mass is 10.1. The lowest BCUT2D eigenvalue weighted by Gasteiger charge is -2.22. The minimum Gasteiger partial charge on any atom is -0.486 e. The molecule has 1 aliphatic rings. The monoisotopic (exact) mass is 433 g/mol. The second-order valence-electron chi connectivity index (χ2n) is 6.31. The molecule has 1 amide bonds. The maximum absolute atomic E-state index is 12.9. The minimum absolute atomic E-state index is 0.0394. The predicted molar refractivity (Wildman–Crippen MR) is 106 cm³/mol. The van der Waals surface area contributed by atoms with E-state index in [9.17, 15) is 13.2 Å². The summed E-state index contributed by atoms with van der Waals surface area (Å²) >= 11 is 6.12. The summed E-state index contributed by atoms with van der Waals surface area (Å²) in [6.45, 7) is 2.34. The predicted octanol–water partition coefficient (Wildman–Crippen LogP) is 3.11. The Balaban J connectivity index is 1.77. The zero-order chi connectivity index (χ0) is 20.6. The van der Waals surface area contributed by atoms with E-state index in [-0.39, 0.29) is 35.2 Å². The first-order valence-electron chi connectivity index (χ1n) is 8.61. The van der Waals surface area contributed by atoms with Crippen molar-refractivity contribution < 1.29 is 22.7 Å². The third-order valence-corrected chi connectivity index (χ3v) is 6.36. The summed E-state index contributed by atoms with van der Waals surface area (Å²) in [6.07, 6.45) is 3.82. The molecule has 10 heteroatoms. The average molecular weight is 434 g/mol. The highest BCUT2D eigenvalue weighted by atomic mass is 35.5. The van der Waals surface area contributed by atoms with Crippen molar-refractivity contribution in [1.29, 1.82) is 0 Å². The molecule has 0 bridgehead atoms. The van der Waals surface area contributed by atoms with E-state index in [1.54, 1.807) is 18.2 Å². The molecule has 0 saturated heterocycles. The summed E-state index contributed by atoms with van der Waals surface area (Å²) < 4.78 is 37.8. The van der Waals surface area contributed by atoms with Gasteiger partial charge < -0.3 is 14.8 Å². The Morgan fingerprint density at radius 3 is 2.72 bits per heavy atom. The fraction of sp³-hybridized carbons (Fsp3) is 0.158. The SMILES string of the molecule is Cc1ccc(NC(=O)c2cc(S(=O)(=O)n3ccnc3)cc3c2OCCO3)cc1Cl. The van der Waals surface area contributed by atoms with Crippen LogP contribution in [0.2, 0.25) is 5.02 Å². The van der Waals surface area contributed by atoms with Gasteiger partial charge in [0.25, 0.3) is 15.9 Å². The Labute approximate surface area is 172 Å². The third-order valence-electron chi connectivity index (χ3n) is 4.35. The van der Waals surface area contributed by atoms with Crippen LogP contribution in [0.3, 0.4) is 0 Å². The van der Waals surface area contributed by atoms with Gasteiger partial charge in [0.2, 0.25) is 0 Å². The van der Waals surface area contributed by atoms with Gasteiger partial charge in [-0.15, -0.1) is 0 Å². The van der Waals surface area contributed by atoms with Gasteiger partial charge in [0, 0.05) is 29.2 Å². The molecule has 0 atom stereocenters. The Bertz CT molecular complexity index is 1190. The number of aromatic nitrogens is 2. The normalized spacial score (nSPS) is 13.2. The van der Waals surface area contributed by atoms with E-state index in [1.165, 1.54) is 30.9 Å². The van der Waals surface area contributed by atoms with Gasteiger partial charge in [0.05, 0.1) is 10.5 Å². The first-order chi connectivity index (χ1) is 13.9. The van der Waals surface area contributed by atoms with Crippen molar-refractivity contribution in [2.24, 2.45) is 0 Å². The van der Waals surface area contributed by atoms with E-state index in [0.29, 0.717) is 10.7 Å². The highest BCUT2D eigenvalue weighted by Crippen LogP contribution is 2.37. The molecule has 1 aliphatic heterocycles. The second kappa shape index (κ2) is 7.41. The number of nitrogens with zero attached hydrogens (tertiary/aromatic N) is 2. The number of carbonyl (C=O) groups is 1. The van der Waals surface area contributed by atoms with Crippen molar-refractivity contribution >= 4 is 33.2 Å². The molecule has 2 aromatic carbocycles. The van der Waals surface area contributed by atoms with Crippen molar-refractivity contribution in [1.82, 2.24) is 8.96 Å². The summed E-state index contributed by atoms with van der Waals surface area (Å²) in [5, 5.41) is 3.22. The van der Waals surface area contributed by atoms with E-state index in [4.69, 9.17) is 21.1 Å². The van der Waals surface area contributed by atoms with Crippen LogP contribution >= 0.6 is 11.6 Å². The van der Waals surface area contributed by atoms with Crippen molar-refractivity contribution in [2.75, 3.05) is 18.5 Å². The highest BCUT2D eigenvalue weighted by molar-refractivity contribution is 7.90. The fourth-order valence-corrected chi connectivity index (χ4v) is 4.17. The van der Waals surface area contributed by atoms with Gasteiger partial charge in [-0.3, -0.25) is 4.79 Å². The summed E-state index contributed by atoms with van der Waals surface area (Å²) in [5.74, 6) is -0.171. The lowest BCUT2D eigenvalue weighted by molar-refractivity contribution is 0.101. The maximum atomic E-state index is 12.9. The van der Waals surface area contributed by atoms with Crippen LogP contribution in [-0.2, 0) is 10.0 Å². The quantitative estimate of drug-likeness (QED) is 0.678. The van der Waals surface area contributed by atoms with Gasteiger partial charge in [-0.25, -0.2) is 17.4 Å². The van der Waals surface area contributed by atoms with Crippen LogP contribution in [-0.4, -0.2) is 36.5 Å². The van der Waals surface area contributed by atoms with Crippen LogP contribution in [0.4, 0.5) is 5.69 Å². The number of hydrogen-bond acceptors (Lipinski definition) is 6. The molecule has 4 rings (SSSR count). The number of fused-ring (bicyclic) bond motifs is 1. The van der Waals surface area contributed by atoms with Crippen LogP contribution in [0.15, 0.2) is 53.9 Å². The number of hydrogen-bond donors (Lipinski definition) is 1. The Kier molecular flexibility index (Phi) is 4.93. The van der Waals surface area contributed by atoms with E-state index in [0.717, 1.165) is 9.54 Å². The molecule has 29 heavy (non-hydrogen) atoms. The van der Waals surface area contributed by atoms with Crippen molar-refractivity contribution in [3.8, 4) is 11.5 Å². The molecular formula is C19H16ClN3O5S. The average Bonchev–Trinajstić information content (AvgIpc) is 3.25. The maximum Gasteiger partial charge on any atom is 0.269 e. The Hall–Kier alpha value is -3.04. The first-order valence-corrected chi connectivity index (χ1v) is 10.4. The largest absolute Gasteiger partial charge is 0.486 e. The van der Waals surface area contributed by atoms with E-state index < -0.39 is 15.9 Å². The number of carbonyl (C=O) groups excluding carboxylic acids is 1. The van der Waals surface area contributed by atoms with Gasteiger partial charge in [0.1, 0.15) is 19.5 Å². The number of rotatable bonds is 4. The van der Waals surface area contributed by atoms with Crippen molar-refractivity contribution in [2.45, 2.75) is 11.8 Å². The summed E-state index contributed by atoms with van der Waals surface area (Å²) in [5.41, 5.74) is 1.38. The molecule has 150 valence electrons. The van der Waals surface area contributed by atoms with Gasteiger partial charge >= 0.3 is 0 Å². The molecule has 0 saturated carbocycles. The zero-order valence-electron chi connectivity index (χ0n) is 15.3. The topological polar surface area (TPSA) is 99.5 Å². The molecule has 0 aliphatic carbocycles. The van der Waals surface area contributed by atoms with Crippen molar-refractivity contribution in [3.05, 3.63) is 65.2 Å². The summed E-state index contributed by atoms with van der Waals surface area (Å²) in [7, 11) is -3.95. The molecule has 1 aromatic heterocycles. The molecule has 0 radical (unpaired) electrons. The van der Waals surface area contributed by atoms with E-state index in [1.807, 2.05) is 6.92 Å². The first kappa shape index (κ1) is 19.3. The van der Waals surface area contributed by atoms with Crippen molar-refractivity contribution in [3.63, 3.8) is 0 Å². The Morgan fingerprint density at radius 1 is 1.21 bits per heavy atom. The molecule has 8 nitrogen and oxygen atoms in total. The number of amides is 1. The Morgan fingerprint density at radius 2 is 2.00 bits per heavy atom. The lowest BCUT2D eigenvalue weighted by Crippen LogP contribution is -2.22. The highest BCUT2D eigenvalue weighted by Gasteiger charge is 2.27. The number of halogens is 1. The molecular weight excluding hydrogens is 418 g/mol. The summed E-state index contributed by atoms with van der Waals surface area (Å²) in [6, 6.07) is 7.68. The van der Waals surface area contributed by atoms with Crippen LogP contribution in [0.25, 0.3) is 0 Å². The van der Waals surface area contributed by atoms with Crippen LogP contribution in [0.5, 0.6) is 11.5 Å². The number of nitrogens with one attached hydrogen (secondary N) is 1. The smallest absolute Gasteiger partial charge is 0.269 e. The van der Waals surface area contributed by atoms with Crippen LogP contribution < -0.4 is 14.8 Å². The minimum atomic E-state index is -3.95. The van der Waals surface area contributed by atoms with E-state index >= 15 is 0 Å². The van der Waals surface area contributed by atoms with Gasteiger partial charge in [-0.05, 0) is 30.7 Å². The third kappa shape index (κ3) is 3.66. The number of benzene rings is 2. The molecule has 0 spiro atoms. The molecule has 0 unspecified atom stereocenters. The van der Waals surface area contributed by atoms with Crippen LogP contribution in [0.1, 0.15) is 15.9 Å². The van der Waals surface area contributed by atoms with Gasteiger partial charge in [0.15, 0.2) is 11.5 Å². The molecule has 2 heterocycles. The molecule has 3 aromatic rings. The number of aryl methyl sites for hydroxylation is 1. The zero-order valence-corrected chi connectivity index (χ0v) is 16.8. The molecule has 0 fully saturated rings. The fourth-order valence-electron chi connectivity index (χ4n) is 2.83. The summed E-state index contributed by atoms with van der Waals surface area (Å²) in [4.78, 5) is 16.6. The van der Waals surface area contributed by atoms with Gasteiger partial charge in [-0.1, -0.05) is 17.7 Å². The standard InChI is InChI=1S/C19H16ClN3O5S/c1-12-2-3-13(8-16(12)20)22-19(24)15-9-14(10-17-18(15)28-7-6-27-17)29(25,26)23-5-4-21-11-23/h2-5,8-11H,6-7H2,1H3,(H,22,24).